The van der Waals surface area contributed by atoms with E-state index in [1.807, 2.05) is 5.38 Å². The number of nitrogens with zero attached hydrogens (tertiary/aromatic N) is 1. The van der Waals surface area contributed by atoms with Gasteiger partial charge in [0, 0.05) is 17.5 Å². The highest BCUT2D eigenvalue weighted by molar-refractivity contribution is 7.13. The Bertz CT molecular complexity index is 711. The fraction of sp³-hybridized carbons (Fsp3) is 0.524. The molecule has 2 unspecified atom stereocenters. The van der Waals surface area contributed by atoms with Crippen LogP contribution in [0.5, 0.6) is 0 Å². The monoisotopic (exact) mass is 372 g/mol. The molecule has 1 aromatic carbocycles. The summed E-state index contributed by atoms with van der Waals surface area (Å²) in [6, 6.07) is 8.30. The Kier molecular flexibility index (Phi) is 6.80. The highest BCUT2D eigenvalue weighted by Crippen LogP contribution is 2.26. The second-order valence-corrected chi connectivity index (χ2v) is 8.07. The third-order valence-electron chi connectivity index (χ3n) is 4.98. The number of thiazole rings is 1. The molecule has 1 aliphatic carbocycles. The molecule has 2 aromatic rings. The number of hydrogen-bond donors (Lipinski definition) is 1. The van der Waals surface area contributed by atoms with Crippen LogP contribution in [-0.4, -0.2) is 30.1 Å². The van der Waals surface area contributed by atoms with E-state index in [-0.39, 0.29) is 5.91 Å². The average molecular weight is 373 g/mol. The van der Waals surface area contributed by atoms with Crippen LogP contribution < -0.4 is 5.32 Å². The molecular weight excluding hydrogens is 344 g/mol. The molecule has 26 heavy (non-hydrogen) atoms. The predicted octanol–water partition coefficient (Wildman–Crippen LogP) is 4.37. The number of carbonyl (C=O) groups excluding carboxylic acids is 1. The predicted molar refractivity (Wildman–Crippen MR) is 106 cm³/mol. The van der Waals surface area contributed by atoms with Crippen molar-refractivity contribution in [1.29, 1.82) is 0 Å². The van der Waals surface area contributed by atoms with E-state index in [1.54, 1.807) is 11.3 Å². The van der Waals surface area contributed by atoms with Gasteiger partial charge in [-0.3, -0.25) is 4.79 Å². The molecule has 140 valence electrons. The zero-order chi connectivity index (χ0) is 18.4. The van der Waals surface area contributed by atoms with Crippen LogP contribution in [0, 0.1) is 12.8 Å². The molecule has 0 saturated heterocycles. The fourth-order valence-corrected chi connectivity index (χ4v) is 4.20. The first-order chi connectivity index (χ1) is 12.6. The minimum atomic E-state index is 0.00560. The molecule has 0 spiro atoms. The van der Waals surface area contributed by atoms with Crippen LogP contribution in [0.4, 0.5) is 0 Å². The van der Waals surface area contributed by atoms with Gasteiger partial charge in [-0.05, 0) is 25.7 Å². The number of hydrogen-bond acceptors (Lipinski definition) is 4. The van der Waals surface area contributed by atoms with E-state index in [2.05, 4.69) is 48.4 Å². The van der Waals surface area contributed by atoms with Crippen LogP contribution in [-0.2, 0) is 16.0 Å². The fourth-order valence-electron chi connectivity index (χ4n) is 3.37. The van der Waals surface area contributed by atoms with Crippen molar-refractivity contribution in [3.8, 4) is 10.6 Å². The van der Waals surface area contributed by atoms with Crippen molar-refractivity contribution in [3.63, 3.8) is 0 Å². The van der Waals surface area contributed by atoms with Crippen LogP contribution in [0.1, 0.15) is 43.9 Å². The third-order valence-corrected chi connectivity index (χ3v) is 5.92. The number of nitrogens with one attached hydrogen (secondary N) is 1. The molecule has 1 saturated carbocycles. The number of aryl methyl sites for hydroxylation is 1. The average Bonchev–Trinajstić information content (AvgIpc) is 3.09. The van der Waals surface area contributed by atoms with Crippen molar-refractivity contribution in [2.24, 2.45) is 5.92 Å². The Morgan fingerprint density at radius 3 is 2.81 bits per heavy atom. The maximum atomic E-state index is 12.1. The molecule has 0 aliphatic heterocycles. The van der Waals surface area contributed by atoms with Gasteiger partial charge in [0.05, 0.1) is 24.8 Å². The number of benzene rings is 1. The molecule has 5 heteroatoms. The van der Waals surface area contributed by atoms with Crippen molar-refractivity contribution < 1.29 is 9.53 Å². The lowest BCUT2D eigenvalue weighted by Gasteiger charge is -2.28. The van der Waals surface area contributed by atoms with E-state index in [4.69, 9.17) is 4.74 Å². The van der Waals surface area contributed by atoms with Gasteiger partial charge in [-0.1, -0.05) is 49.6 Å². The van der Waals surface area contributed by atoms with Gasteiger partial charge in [0.2, 0.25) is 5.91 Å². The summed E-state index contributed by atoms with van der Waals surface area (Å²) in [6.45, 7) is 5.49. The van der Waals surface area contributed by atoms with Crippen molar-refractivity contribution in [2.45, 2.75) is 52.1 Å². The van der Waals surface area contributed by atoms with E-state index >= 15 is 0 Å². The molecule has 3 rings (SSSR count). The van der Waals surface area contributed by atoms with Gasteiger partial charge in [0.15, 0.2) is 0 Å². The number of ether oxygens (including phenoxy) is 1. The van der Waals surface area contributed by atoms with Crippen LogP contribution in [0.2, 0.25) is 0 Å². The number of carbonyl (C=O) groups is 1. The van der Waals surface area contributed by atoms with Gasteiger partial charge < -0.3 is 10.1 Å². The molecule has 1 aromatic heterocycles. The van der Waals surface area contributed by atoms with E-state index < -0.39 is 0 Å². The number of rotatable bonds is 7. The van der Waals surface area contributed by atoms with E-state index in [9.17, 15) is 4.79 Å². The Labute approximate surface area is 160 Å². The standard InChI is InChI=1S/C21H28N2O2S/c1-15-7-9-17(10-8-15)21-23-18(14-26-21)13-20(24)22-11-12-25-19-6-4-3-5-16(19)2/h7-10,14,16,19H,3-6,11-13H2,1-2H3,(H,22,24). The summed E-state index contributed by atoms with van der Waals surface area (Å²) in [5.74, 6) is 0.640. The Morgan fingerprint density at radius 2 is 2.04 bits per heavy atom. The Morgan fingerprint density at radius 1 is 1.27 bits per heavy atom. The minimum absolute atomic E-state index is 0.00560. The summed E-state index contributed by atoms with van der Waals surface area (Å²) in [6.07, 6.45) is 5.66. The normalized spacial score (nSPS) is 20.1. The molecular formula is C21H28N2O2S. The van der Waals surface area contributed by atoms with Crippen molar-refractivity contribution in [2.75, 3.05) is 13.2 Å². The van der Waals surface area contributed by atoms with Crippen molar-refractivity contribution in [3.05, 3.63) is 40.9 Å². The second kappa shape index (κ2) is 9.28. The summed E-state index contributed by atoms with van der Waals surface area (Å²) in [7, 11) is 0. The van der Waals surface area contributed by atoms with Crippen LogP contribution >= 0.6 is 11.3 Å². The molecule has 4 nitrogen and oxygen atoms in total. The van der Waals surface area contributed by atoms with Crippen LogP contribution in [0.25, 0.3) is 10.6 Å². The summed E-state index contributed by atoms with van der Waals surface area (Å²) in [5, 5.41) is 5.87. The molecule has 1 fully saturated rings. The maximum absolute atomic E-state index is 12.1. The molecule has 1 amide bonds. The lowest BCUT2D eigenvalue weighted by atomic mass is 9.88. The first-order valence-electron chi connectivity index (χ1n) is 9.51. The molecule has 1 N–H and O–H groups in total. The van der Waals surface area contributed by atoms with Crippen LogP contribution in [0.15, 0.2) is 29.6 Å². The second-order valence-electron chi connectivity index (χ2n) is 7.21. The lowest BCUT2D eigenvalue weighted by molar-refractivity contribution is -0.121. The third kappa shape index (κ3) is 5.39. The van der Waals surface area contributed by atoms with Crippen molar-refractivity contribution in [1.82, 2.24) is 10.3 Å². The Hall–Kier alpha value is -1.72. The van der Waals surface area contributed by atoms with E-state index in [1.165, 1.54) is 24.8 Å². The van der Waals surface area contributed by atoms with Gasteiger partial charge in [-0.2, -0.15) is 0 Å². The summed E-state index contributed by atoms with van der Waals surface area (Å²) in [5.41, 5.74) is 3.15. The van der Waals surface area contributed by atoms with Gasteiger partial charge in [0.1, 0.15) is 5.01 Å². The largest absolute Gasteiger partial charge is 0.376 e. The van der Waals surface area contributed by atoms with Gasteiger partial charge in [-0.15, -0.1) is 11.3 Å². The maximum Gasteiger partial charge on any atom is 0.226 e. The quantitative estimate of drug-likeness (QED) is 0.734. The van der Waals surface area contributed by atoms with Gasteiger partial charge in [0.25, 0.3) is 0 Å². The highest BCUT2D eigenvalue weighted by atomic mass is 32.1. The molecule has 1 aliphatic rings. The highest BCUT2D eigenvalue weighted by Gasteiger charge is 2.21. The molecule has 0 bridgehead atoms. The SMILES string of the molecule is Cc1ccc(-c2nc(CC(=O)NCCOC3CCCCC3C)cs2)cc1. The zero-order valence-corrected chi connectivity index (χ0v) is 16.5. The summed E-state index contributed by atoms with van der Waals surface area (Å²) < 4.78 is 5.94. The van der Waals surface area contributed by atoms with E-state index in [0.717, 1.165) is 22.7 Å². The first kappa shape index (κ1) is 19.1. The lowest BCUT2D eigenvalue weighted by Crippen LogP contribution is -2.32. The van der Waals surface area contributed by atoms with Gasteiger partial charge in [-0.25, -0.2) is 4.98 Å². The summed E-state index contributed by atoms with van der Waals surface area (Å²) in [4.78, 5) is 16.7. The van der Waals surface area contributed by atoms with Crippen molar-refractivity contribution >= 4 is 17.2 Å². The molecule has 2 atom stereocenters. The molecule has 1 heterocycles. The van der Waals surface area contributed by atoms with Crippen LogP contribution in [0.3, 0.4) is 0 Å². The first-order valence-corrected chi connectivity index (χ1v) is 10.4. The smallest absolute Gasteiger partial charge is 0.226 e. The topological polar surface area (TPSA) is 51.2 Å². The minimum Gasteiger partial charge on any atom is -0.376 e. The zero-order valence-electron chi connectivity index (χ0n) is 15.7. The van der Waals surface area contributed by atoms with Gasteiger partial charge >= 0.3 is 0 Å². The Balaban J connectivity index is 1.40. The number of amides is 1. The molecule has 0 radical (unpaired) electrons. The summed E-state index contributed by atoms with van der Waals surface area (Å²) >= 11 is 1.58. The van der Waals surface area contributed by atoms with E-state index in [0.29, 0.717) is 31.6 Å². The number of aromatic nitrogens is 1.